The number of anilines is 1. The molecular formula is C30H22N4O2S. The van der Waals surface area contributed by atoms with Crippen molar-refractivity contribution in [1.82, 2.24) is 15.0 Å². The quantitative estimate of drug-likeness (QED) is 0.252. The van der Waals surface area contributed by atoms with Gasteiger partial charge in [-0.15, -0.1) is 0 Å². The molecule has 7 heteroatoms. The molecule has 0 N–H and O–H groups in total. The van der Waals surface area contributed by atoms with E-state index in [9.17, 15) is 4.79 Å². The fraction of sp³-hybridized carbons (Fsp3) is 0.0667. The van der Waals surface area contributed by atoms with E-state index < -0.39 is 0 Å². The van der Waals surface area contributed by atoms with Gasteiger partial charge in [-0.05, 0) is 35.9 Å². The number of para-hydroxylation sites is 1. The number of hydrogen-bond donors (Lipinski definition) is 0. The van der Waals surface area contributed by atoms with E-state index in [0.717, 1.165) is 43.7 Å². The second kappa shape index (κ2) is 9.79. The maximum Gasteiger partial charge on any atom is 0.261 e. The van der Waals surface area contributed by atoms with Gasteiger partial charge in [0.05, 0.1) is 40.6 Å². The molecule has 0 spiro atoms. The number of aromatic nitrogens is 3. The zero-order chi connectivity index (χ0) is 25.2. The van der Waals surface area contributed by atoms with Gasteiger partial charge in [-0.2, -0.15) is 0 Å². The summed E-state index contributed by atoms with van der Waals surface area (Å²) in [5, 5.41) is 1.41. The number of hydrogen-bond acceptors (Lipinski definition) is 6. The number of ether oxygens (including phenoxy) is 1. The molecule has 6 rings (SSSR count). The number of carbonyl (C=O) groups is 1. The van der Waals surface area contributed by atoms with Crippen LogP contribution in [0.5, 0.6) is 5.75 Å². The first-order chi connectivity index (χ1) is 18.2. The number of benzene rings is 3. The summed E-state index contributed by atoms with van der Waals surface area (Å²) in [6.07, 6.45) is 3.50. The number of rotatable bonds is 6. The topological polar surface area (TPSA) is 68.2 Å². The predicted octanol–water partition coefficient (Wildman–Crippen LogP) is 6.76. The zero-order valence-electron chi connectivity index (χ0n) is 20.0. The SMILES string of the molecule is COc1ccc2sc(N(Cc3cccnc3)C(=O)c3cc(-c4ccccc4)nc4ccccc34)nc2c1. The van der Waals surface area contributed by atoms with Crippen LogP contribution in [0.2, 0.25) is 0 Å². The molecule has 180 valence electrons. The summed E-state index contributed by atoms with van der Waals surface area (Å²) in [7, 11) is 1.63. The molecule has 0 saturated carbocycles. The normalized spacial score (nSPS) is 11.1. The van der Waals surface area contributed by atoms with Crippen molar-refractivity contribution < 1.29 is 9.53 Å². The molecule has 3 heterocycles. The van der Waals surface area contributed by atoms with Crippen LogP contribution in [0, 0.1) is 0 Å². The highest BCUT2D eigenvalue weighted by molar-refractivity contribution is 7.22. The van der Waals surface area contributed by atoms with Gasteiger partial charge < -0.3 is 4.74 Å². The van der Waals surface area contributed by atoms with Crippen molar-refractivity contribution in [3.63, 3.8) is 0 Å². The van der Waals surface area contributed by atoms with Crippen LogP contribution < -0.4 is 9.64 Å². The maximum atomic E-state index is 14.4. The van der Waals surface area contributed by atoms with E-state index in [4.69, 9.17) is 14.7 Å². The number of nitrogens with zero attached hydrogens (tertiary/aromatic N) is 4. The average molecular weight is 503 g/mol. The molecule has 0 atom stereocenters. The molecule has 0 aliphatic carbocycles. The first-order valence-corrected chi connectivity index (χ1v) is 12.6. The van der Waals surface area contributed by atoms with E-state index in [-0.39, 0.29) is 5.91 Å². The minimum Gasteiger partial charge on any atom is -0.497 e. The first-order valence-electron chi connectivity index (χ1n) is 11.8. The summed E-state index contributed by atoms with van der Waals surface area (Å²) in [5.41, 5.74) is 4.74. The third-order valence-electron chi connectivity index (χ3n) is 6.14. The standard InChI is InChI=1S/C30H22N4O2S/c1-36-22-13-14-28-27(16-22)33-30(37-28)34(19-20-8-7-15-31-18-20)29(35)24-17-26(21-9-3-2-4-10-21)32-25-12-6-5-11-23(24)25/h2-18H,19H2,1H3. The van der Waals surface area contributed by atoms with E-state index >= 15 is 0 Å². The monoisotopic (exact) mass is 502 g/mol. The Labute approximate surface area is 217 Å². The lowest BCUT2D eigenvalue weighted by atomic mass is 10.0. The molecule has 3 aromatic heterocycles. The third-order valence-corrected chi connectivity index (χ3v) is 7.20. The molecule has 1 amide bonds. The van der Waals surface area contributed by atoms with Gasteiger partial charge in [-0.1, -0.05) is 65.9 Å². The smallest absolute Gasteiger partial charge is 0.261 e. The van der Waals surface area contributed by atoms with Crippen molar-refractivity contribution in [3.05, 3.63) is 115 Å². The van der Waals surface area contributed by atoms with Gasteiger partial charge >= 0.3 is 0 Å². The van der Waals surface area contributed by atoms with E-state index in [2.05, 4.69) is 4.98 Å². The molecule has 0 saturated heterocycles. The first kappa shape index (κ1) is 22.8. The lowest BCUT2D eigenvalue weighted by Crippen LogP contribution is -2.30. The Morgan fingerprint density at radius 2 is 1.73 bits per heavy atom. The van der Waals surface area contributed by atoms with Crippen molar-refractivity contribution in [2.24, 2.45) is 0 Å². The second-order valence-electron chi connectivity index (χ2n) is 8.52. The summed E-state index contributed by atoms with van der Waals surface area (Å²) in [4.78, 5) is 30.0. The largest absolute Gasteiger partial charge is 0.497 e. The fourth-order valence-electron chi connectivity index (χ4n) is 4.29. The van der Waals surface area contributed by atoms with Gasteiger partial charge in [0, 0.05) is 29.4 Å². The average Bonchev–Trinajstić information content (AvgIpc) is 3.39. The zero-order valence-corrected chi connectivity index (χ0v) is 20.9. The van der Waals surface area contributed by atoms with Crippen LogP contribution in [0.25, 0.3) is 32.4 Å². The van der Waals surface area contributed by atoms with E-state index in [1.165, 1.54) is 11.3 Å². The Kier molecular flexibility index (Phi) is 6.04. The summed E-state index contributed by atoms with van der Waals surface area (Å²) in [6, 6.07) is 29.1. The molecule has 6 nitrogen and oxygen atoms in total. The molecule has 0 unspecified atom stereocenters. The van der Waals surface area contributed by atoms with Crippen LogP contribution in [0.4, 0.5) is 5.13 Å². The van der Waals surface area contributed by atoms with Crippen molar-refractivity contribution in [2.45, 2.75) is 6.54 Å². The number of thiazole rings is 1. The minimum absolute atomic E-state index is 0.148. The number of methoxy groups -OCH3 is 1. The Morgan fingerprint density at radius 3 is 2.54 bits per heavy atom. The summed E-state index contributed by atoms with van der Waals surface area (Å²) >= 11 is 1.48. The Hall–Kier alpha value is -4.62. The van der Waals surface area contributed by atoms with Crippen molar-refractivity contribution in [1.29, 1.82) is 0 Å². The molecular weight excluding hydrogens is 480 g/mol. The number of carbonyl (C=O) groups excluding carboxylic acids is 1. The van der Waals surface area contributed by atoms with Crippen LogP contribution in [0.3, 0.4) is 0 Å². The van der Waals surface area contributed by atoms with Crippen molar-refractivity contribution in [2.75, 3.05) is 12.0 Å². The van der Waals surface area contributed by atoms with Crippen LogP contribution in [-0.2, 0) is 6.54 Å². The van der Waals surface area contributed by atoms with Crippen LogP contribution in [0.15, 0.2) is 103 Å². The highest BCUT2D eigenvalue weighted by Gasteiger charge is 2.25. The second-order valence-corrected chi connectivity index (χ2v) is 9.53. The molecule has 0 bridgehead atoms. The molecule has 6 aromatic rings. The van der Waals surface area contributed by atoms with Gasteiger partial charge in [-0.25, -0.2) is 9.97 Å². The molecule has 37 heavy (non-hydrogen) atoms. The predicted molar refractivity (Wildman–Crippen MR) is 148 cm³/mol. The van der Waals surface area contributed by atoms with Gasteiger partial charge in [0.25, 0.3) is 5.91 Å². The highest BCUT2D eigenvalue weighted by atomic mass is 32.1. The van der Waals surface area contributed by atoms with Gasteiger partial charge in [0.1, 0.15) is 5.75 Å². The molecule has 0 radical (unpaired) electrons. The summed E-state index contributed by atoms with van der Waals surface area (Å²) in [6.45, 7) is 0.334. The Balaban J connectivity index is 1.51. The minimum atomic E-state index is -0.148. The van der Waals surface area contributed by atoms with E-state index in [1.807, 2.05) is 91.0 Å². The Morgan fingerprint density at radius 1 is 0.892 bits per heavy atom. The Bertz CT molecular complexity index is 1720. The van der Waals surface area contributed by atoms with Gasteiger partial charge in [0.2, 0.25) is 0 Å². The molecule has 3 aromatic carbocycles. The summed E-state index contributed by atoms with van der Waals surface area (Å²) in [5.74, 6) is 0.577. The molecule has 0 aliphatic rings. The lowest BCUT2D eigenvalue weighted by molar-refractivity contribution is 0.0986. The van der Waals surface area contributed by atoms with E-state index in [1.54, 1.807) is 24.4 Å². The van der Waals surface area contributed by atoms with E-state index in [0.29, 0.717) is 17.2 Å². The number of fused-ring (bicyclic) bond motifs is 2. The molecule has 0 aliphatic heterocycles. The van der Waals surface area contributed by atoms with Gasteiger partial charge in [0.15, 0.2) is 5.13 Å². The molecule has 0 fully saturated rings. The fourth-order valence-corrected chi connectivity index (χ4v) is 5.24. The summed E-state index contributed by atoms with van der Waals surface area (Å²) < 4.78 is 6.35. The van der Waals surface area contributed by atoms with Crippen molar-refractivity contribution >= 4 is 43.5 Å². The number of amides is 1. The maximum absolute atomic E-state index is 14.4. The highest BCUT2D eigenvalue weighted by Crippen LogP contribution is 2.34. The lowest BCUT2D eigenvalue weighted by Gasteiger charge is -2.21. The van der Waals surface area contributed by atoms with Crippen molar-refractivity contribution in [3.8, 4) is 17.0 Å². The number of pyridine rings is 2. The van der Waals surface area contributed by atoms with Crippen LogP contribution >= 0.6 is 11.3 Å². The third kappa shape index (κ3) is 4.52. The van der Waals surface area contributed by atoms with Crippen LogP contribution in [-0.4, -0.2) is 28.0 Å². The van der Waals surface area contributed by atoms with Gasteiger partial charge in [-0.3, -0.25) is 14.7 Å². The van der Waals surface area contributed by atoms with Crippen LogP contribution in [0.1, 0.15) is 15.9 Å².